The largest absolute Gasteiger partial charge is 0.395 e. The van der Waals surface area contributed by atoms with Crippen molar-refractivity contribution in [1.29, 1.82) is 0 Å². The summed E-state index contributed by atoms with van der Waals surface area (Å²) in [6.07, 6.45) is 0. The molecule has 0 saturated heterocycles. The van der Waals surface area contributed by atoms with E-state index in [-0.39, 0.29) is 12.6 Å². The molecule has 1 unspecified atom stereocenters. The van der Waals surface area contributed by atoms with Crippen molar-refractivity contribution < 1.29 is 5.11 Å². The molecule has 0 aliphatic rings. The van der Waals surface area contributed by atoms with Gasteiger partial charge >= 0.3 is 0 Å². The number of rotatable bonds is 4. The minimum Gasteiger partial charge on any atom is -0.395 e. The Hall–Kier alpha value is -0.0900. The Morgan fingerprint density at radius 2 is 2.29 bits per heavy atom. The first-order valence-corrected chi connectivity index (χ1v) is 5.58. The zero-order chi connectivity index (χ0) is 10.6. The van der Waals surface area contributed by atoms with Gasteiger partial charge in [-0.2, -0.15) is 0 Å². The average Bonchev–Trinajstić information content (AvgIpc) is 2.19. The van der Waals surface area contributed by atoms with Gasteiger partial charge in [-0.25, -0.2) is 0 Å². The molecule has 0 amide bonds. The maximum Gasteiger partial charge on any atom is 0.0582 e. The summed E-state index contributed by atoms with van der Waals surface area (Å²) in [6.45, 7) is 2.76. The van der Waals surface area contributed by atoms with Gasteiger partial charge in [0, 0.05) is 22.1 Å². The lowest BCUT2D eigenvalue weighted by atomic mass is 10.2. The first-order chi connectivity index (χ1) is 6.63. The second kappa shape index (κ2) is 5.71. The molecule has 1 atom stereocenters. The van der Waals surface area contributed by atoms with Crippen molar-refractivity contribution in [2.45, 2.75) is 19.5 Å². The number of benzene rings is 1. The Balaban J connectivity index is 2.62. The Kier molecular flexibility index (Phi) is 4.89. The van der Waals surface area contributed by atoms with Gasteiger partial charge in [0.1, 0.15) is 0 Å². The molecule has 0 saturated carbocycles. The van der Waals surface area contributed by atoms with E-state index in [9.17, 15) is 0 Å². The van der Waals surface area contributed by atoms with Gasteiger partial charge < -0.3 is 10.4 Å². The van der Waals surface area contributed by atoms with Crippen LogP contribution in [-0.2, 0) is 6.54 Å². The maximum absolute atomic E-state index is 8.84. The standard InChI is InChI=1S/C10H13BrClNO/c1-7(6-14)13-5-8-4-9(12)2-3-10(8)11/h2-4,7,13-14H,5-6H2,1H3. The number of aliphatic hydroxyl groups excluding tert-OH is 1. The van der Waals surface area contributed by atoms with Crippen LogP contribution in [0.2, 0.25) is 5.02 Å². The smallest absolute Gasteiger partial charge is 0.0582 e. The monoisotopic (exact) mass is 277 g/mol. The van der Waals surface area contributed by atoms with Gasteiger partial charge in [0.05, 0.1) is 6.61 Å². The van der Waals surface area contributed by atoms with Crippen molar-refractivity contribution in [2.75, 3.05) is 6.61 Å². The summed E-state index contributed by atoms with van der Waals surface area (Å²) in [5, 5.41) is 12.7. The number of halogens is 2. The van der Waals surface area contributed by atoms with Crippen molar-refractivity contribution in [2.24, 2.45) is 0 Å². The van der Waals surface area contributed by atoms with Crippen LogP contribution in [0.25, 0.3) is 0 Å². The SMILES string of the molecule is CC(CO)NCc1cc(Cl)ccc1Br. The first-order valence-electron chi connectivity index (χ1n) is 4.41. The second-order valence-corrected chi connectivity index (χ2v) is 4.49. The van der Waals surface area contributed by atoms with Crippen LogP contribution in [-0.4, -0.2) is 17.8 Å². The van der Waals surface area contributed by atoms with Gasteiger partial charge in [0.25, 0.3) is 0 Å². The summed E-state index contributed by atoms with van der Waals surface area (Å²) in [5.74, 6) is 0. The number of aliphatic hydroxyl groups is 1. The molecule has 0 aromatic heterocycles. The predicted octanol–water partition coefficient (Wildman–Crippen LogP) is 2.57. The molecule has 14 heavy (non-hydrogen) atoms. The van der Waals surface area contributed by atoms with E-state index in [0.717, 1.165) is 15.1 Å². The Morgan fingerprint density at radius 1 is 1.57 bits per heavy atom. The third-order valence-electron chi connectivity index (χ3n) is 1.92. The van der Waals surface area contributed by atoms with Crippen LogP contribution in [0.1, 0.15) is 12.5 Å². The van der Waals surface area contributed by atoms with E-state index in [1.54, 1.807) is 0 Å². The molecule has 1 rings (SSSR count). The van der Waals surface area contributed by atoms with Crippen molar-refractivity contribution in [1.82, 2.24) is 5.32 Å². The summed E-state index contributed by atoms with van der Waals surface area (Å²) >= 11 is 9.31. The minimum atomic E-state index is 0.0980. The highest BCUT2D eigenvalue weighted by molar-refractivity contribution is 9.10. The molecule has 0 heterocycles. The molecule has 0 spiro atoms. The van der Waals surface area contributed by atoms with Gasteiger partial charge in [-0.15, -0.1) is 0 Å². The first kappa shape index (κ1) is 12.0. The van der Waals surface area contributed by atoms with Crippen LogP contribution in [0.5, 0.6) is 0 Å². The van der Waals surface area contributed by atoms with Crippen molar-refractivity contribution in [3.8, 4) is 0 Å². The average molecular weight is 279 g/mol. The number of nitrogens with one attached hydrogen (secondary N) is 1. The quantitative estimate of drug-likeness (QED) is 0.887. The van der Waals surface area contributed by atoms with Crippen LogP contribution in [0.3, 0.4) is 0 Å². The maximum atomic E-state index is 8.84. The Morgan fingerprint density at radius 3 is 2.93 bits per heavy atom. The highest BCUT2D eigenvalue weighted by Gasteiger charge is 2.03. The third kappa shape index (κ3) is 3.58. The lowest BCUT2D eigenvalue weighted by Gasteiger charge is -2.11. The van der Waals surface area contributed by atoms with Crippen LogP contribution >= 0.6 is 27.5 Å². The fourth-order valence-electron chi connectivity index (χ4n) is 1.03. The van der Waals surface area contributed by atoms with Gasteiger partial charge in [-0.3, -0.25) is 0 Å². The van der Waals surface area contributed by atoms with Gasteiger partial charge in [-0.05, 0) is 30.7 Å². The summed E-state index contributed by atoms with van der Waals surface area (Å²) in [5.41, 5.74) is 1.10. The molecule has 0 radical (unpaired) electrons. The molecule has 2 nitrogen and oxygen atoms in total. The molecule has 4 heteroatoms. The second-order valence-electron chi connectivity index (χ2n) is 3.20. The highest BCUT2D eigenvalue weighted by atomic mass is 79.9. The minimum absolute atomic E-state index is 0.0980. The topological polar surface area (TPSA) is 32.3 Å². The molecule has 1 aromatic rings. The van der Waals surface area contributed by atoms with E-state index in [1.165, 1.54) is 0 Å². The Bertz CT molecular complexity index is 306. The number of hydrogen-bond acceptors (Lipinski definition) is 2. The van der Waals surface area contributed by atoms with Crippen LogP contribution in [0.15, 0.2) is 22.7 Å². The molecular formula is C10H13BrClNO. The van der Waals surface area contributed by atoms with Crippen molar-refractivity contribution in [3.63, 3.8) is 0 Å². The lowest BCUT2D eigenvalue weighted by molar-refractivity contribution is 0.251. The zero-order valence-electron chi connectivity index (χ0n) is 7.93. The fraction of sp³-hybridized carbons (Fsp3) is 0.400. The van der Waals surface area contributed by atoms with E-state index < -0.39 is 0 Å². The van der Waals surface area contributed by atoms with Crippen LogP contribution in [0.4, 0.5) is 0 Å². The van der Waals surface area contributed by atoms with Gasteiger partial charge in [-0.1, -0.05) is 27.5 Å². The summed E-state index contributed by atoms with van der Waals surface area (Å²) < 4.78 is 1.03. The van der Waals surface area contributed by atoms with E-state index >= 15 is 0 Å². The molecule has 2 N–H and O–H groups in total. The van der Waals surface area contributed by atoms with E-state index in [0.29, 0.717) is 6.54 Å². The summed E-state index contributed by atoms with van der Waals surface area (Å²) in [7, 11) is 0. The summed E-state index contributed by atoms with van der Waals surface area (Å²) in [6, 6.07) is 5.76. The van der Waals surface area contributed by atoms with Crippen molar-refractivity contribution >= 4 is 27.5 Å². The van der Waals surface area contributed by atoms with Gasteiger partial charge in [0.2, 0.25) is 0 Å². The van der Waals surface area contributed by atoms with Crippen molar-refractivity contribution in [3.05, 3.63) is 33.3 Å². The number of hydrogen-bond donors (Lipinski definition) is 2. The molecule has 0 fully saturated rings. The predicted molar refractivity (Wildman–Crippen MR) is 62.5 cm³/mol. The molecule has 0 aliphatic heterocycles. The Labute approximate surface area is 97.4 Å². The highest BCUT2D eigenvalue weighted by Crippen LogP contribution is 2.20. The fourth-order valence-corrected chi connectivity index (χ4v) is 1.61. The van der Waals surface area contributed by atoms with E-state index in [4.69, 9.17) is 16.7 Å². The molecular weight excluding hydrogens is 265 g/mol. The lowest BCUT2D eigenvalue weighted by Crippen LogP contribution is -2.28. The normalized spacial score (nSPS) is 12.9. The van der Waals surface area contributed by atoms with E-state index in [2.05, 4.69) is 21.2 Å². The zero-order valence-corrected chi connectivity index (χ0v) is 10.3. The van der Waals surface area contributed by atoms with Gasteiger partial charge in [0.15, 0.2) is 0 Å². The van der Waals surface area contributed by atoms with Crippen LogP contribution < -0.4 is 5.32 Å². The van der Waals surface area contributed by atoms with Crippen LogP contribution in [0, 0.1) is 0 Å². The molecule has 0 aliphatic carbocycles. The van der Waals surface area contributed by atoms with E-state index in [1.807, 2.05) is 25.1 Å². The third-order valence-corrected chi connectivity index (χ3v) is 2.93. The molecule has 0 bridgehead atoms. The summed E-state index contributed by atoms with van der Waals surface area (Å²) in [4.78, 5) is 0. The molecule has 1 aromatic carbocycles. The molecule has 78 valence electrons.